The first-order chi connectivity index (χ1) is 11.1. The van der Waals surface area contributed by atoms with Crippen molar-refractivity contribution in [3.8, 4) is 5.75 Å². The van der Waals surface area contributed by atoms with Crippen molar-refractivity contribution in [2.75, 3.05) is 13.2 Å². The van der Waals surface area contributed by atoms with Crippen LogP contribution in [0, 0.1) is 0 Å². The van der Waals surface area contributed by atoms with Gasteiger partial charge in [0.15, 0.2) is 0 Å². The van der Waals surface area contributed by atoms with Crippen molar-refractivity contribution in [3.63, 3.8) is 0 Å². The summed E-state index contributed by atoms with van der Waals surface area (Å²) in [6, 6.07) is 10.6. The van der Waals surface area contributed by atoms with Gasteiger partial charge in [-0.1, -0.05) is 18.2 Å². The molecule has 1 atom stereocenters. The predicted molar refractivity (Wildman–Crippen MR) is 82.8 cm³/mol. The first-order valence-electron chi connectivity index (χ1n) is 7.34. The highest BCUT2D eigenvalue weighted by Crippen LogP contribution is 2.32. The van der Waals surface area contributed by atoms with Gasteiger partial charge < -0.3 is 15.2 Å². The molecule has 1 aromatic heterocycles. The number of carboxylic acids is 1. The maximum atomic E-state index is 12.2. The molecule has 1 aliphatic rings. The topological polar surface area (TPSA) is 88.5 Å². The number of para-hydroxylation sites is 1. The highest BCUT2D eigenvalue weighted by atomic mass is 16.5. The van der Waals surface area contributed by atoms with E-state index in [0.29, 0.717) is 18.7 Å². The molecule has 2 heterocycles. The van der Waals surface area contributed by atoms with Crippen LogP contribution >= 0.6 is 0 Å². The van der Waals surface area contributed by atoms with Gasteiger partial charge in [0.25, 0.3) is 5.91 Å². The molecule has 2 N–H and O–H groups in total. The van der Waals surface area contributed by atoms with Crippen LogP contribution in [0.15, 0.2) is 42.6 Å². The maximum Gasteiger partial charge on any atom is 0.354 e. The van der Waals surface area contributed by atoms with Gasteiger partial charge in [0, 0.05) is 18.7 Å². The first kappa shape index (κ1) is 15.0. The number of carbonyl (C=O) groups is 2. The molecule has 0 saturated heterocycles. The Balaban J connectivity index is 1.64. The molecular weight excluding hydrogens is 296 g/mol. The Labute approximate surface area is 133 Å². The molecule has 0 spiro atoms. The Morgan fingerprint density at radius 3 is 2.83 bits per heavy atom. The fraction of sp³-hybridized carbons (Fsp3) is 0.235. The molecule has 1 aromatic carbocycles. The van der Waals surface area contributed by atoms with Gasteiger partial charge in [0.2, 0.25) is 0 Å². The number of hydrogen-bond acceptors (Lipinski definition) is 4. The number of aromatic carboxylic acids is 1. The molecule has 1 amide bonds. The number of amides is 1. The number of nitrogens with one attached hydrogen (secondary N) is 1. The summed E-state index contributed by atoms with van der Waals surface area (Å²) in [5, 5.41) is 11.7. The van der Waals surface area contributed by atoms with Crippen LogP contribution < -0.4 is 10.1 Å². The number of nitrogens with zero attached hydrogens (tertiary/aromatic N) is 1. The van der Waals surface area contributed by atoms with E-state index in [2.05, 4.69) is 10.3 Å². The number of carboxylic acid groups (broad SMARTS) is 1. The number of fused-ring (bicyclic) bond motifs is 1. The van der Waals surface area contributed by atoms with Gasteiger partial charge in [-0.2, -0.15) is 0 Å². The molecule has 6 nitrogen and oxygen atoms in total. The highest BCUT2D eigenvalue weighted by molar-refractivity contribution is 5.94. The van der Waals surface area contributed by atoms with Crippen molar-refractivity contribution in [3.05, 3.63) is 59.4 Å². The van der Waals surface area contributed by atoms with Crippen molar-refractivity contribution in [2.45, 2.75) is 12.3 Å². The molecule has 1 aliphatic heterocycles. The molecule has 0 aliphatic carbocycles. The Hall–Kier alpha value is -2.89. The summed E-state index contributed by atoms with van der Waals surface area (Å²) in [5.41, 5.74) is 1.36. The zero-order valence-corrected chi connectivity index (χ0v) is 12.4. The Morgan fingerprint density at radius 2 is 2.09 bits per heavy atom. The third-order valence-electron chi connectivity index (χ3n) is 3.84. The van der Waals surface area contributed by atoms with Gasteiger partial charge in [-0.25, -0.2) is 9.78 Å². The van der Waals surface area contributed by atoms with Crippen LogP contribution in [0.25, 0.3) is 0 Å². The smallest absolute Gasteiger partial charge is 0.354 e. The van der Waals surface area contributed by atoms with Crippen LogP contribution in [0.3, 0.4) is 0 Å². The molecule has 2 aromatic rings. The van der Waals surface area contributed by atoms with Crippen molar-refractivity contribution < 1.29 is 19.4 Å². The number of benzene rings is 1. The second-order valence-electron chi connectivity index (χ2n) is 5.32. The SMILES string of the molecule is O=C(NC[C@@H]1CCOc2ccccc21)c1ccc(C(=O)O)nc1. The number of pyridine rings is 1. The molecule has 3 rings (SSSR count). The van der Waals surface area contributed by atoms with E-state index in [9.17, 15) is 9.59 Å². The summed E-state index contributed by atoms with van der Waals surface area (Å²) in [6.45, 7) is 1.13. The van der Waals surface area contributed by atoms with Crippen LogP contribution in [-0.2, 0) is 0 Å². The third kappa shape index (κ3) is 3.31. The summed E-state index contributed by atoms with van der Waals surface area (Å²) >= 11 is 0. The standard InChI is InChI=1S/C17H16N2O4/c20-16(12-5-6-14(17(21)22)18-10-12)19-9-11-7-8-23-15-4-2-1-3-13(11)15/h1-6,10-11H,7-9H2,(H,19,20)(H,21,22)/t11-/m0/s1. The van der Waals surface area contributed by atoms with Crippen molar-refractivity contribution in [1.82, 2.24) is 10.3 Å². The van der Waals surface area contributed by atoms with E-state index < -0.39 is 5.97 Å². The van der Waals surface area contributed by atoms with Gasteiger partial charge in [-0.05, 0) is 30.2 Å². The number of ether oxygens (including phenoxy) is 1. The van der Waals surface area contributed by atoms with E-state index in [1.807, 2.05) is 24.3 Å². The van der Waals surface area contributed by atoms with Gasteiger partial charge in [0.05, 0.1) is 12.2 Å². The monoisotopic (exact) mass is 312 g/mol. The summed E-state index contributed by atoms with van der Waals surface area (Å²) < 4.78 is 5.60. The second kappa shape index (κ2) is 6.48. The molecule has 23 heavy (non-hydrogen) atoms. The lowest BCUT2D eigenvalue weighted by Gasteiger charge is -2.26. The van der Waals surface area contributed by atoms with E-state index in [1.165, 1.54) is 18.3 Å². The van der Waals surface area contributed by atoms with Crippen molar-refractivity contribution in [2.24, 2.45) is 0 Å². The molecule has 6 heteroatoms. The van der Waals surface area contributed by atoms with Crippen LogP contribution in [-0.4, -0.2) is 35.1 Å². The second-order valence-corrected chi connectivity index (χ2v) is 5.32. The summed E-state index contributed by atoms with van der Waals surface area (Å²) in [6.07, 6.45) is 2.12. The van der Waals surface area contributed by atoms with E-state index in [1.54, 1.807) is 0 Å². The molecule has 0 fully saturated rings. The molecule has 0 unspecified atom stereocenters. The molecule has 0 saturated carbocycles. The average molecular weight is 312 g/mol. The van der Waals surface area contributed by atoms with Crippen LogP contribution in [0.2, 0.25) is 0 Å². The van der Waals surface area contributed by atoms with Gasteiger partial charge in [0.1, 0.15) is 11.4 Å². The Bertz CT molecular complexity index is 728. The minimum absolute atomic E-state index is 0.0834. The summed E-state index contributed by atoms with van der Waals surface area (Å²) in [5.74, 6) is -0.310. The lowest BCUT2D eigenvalue weighted by molar-refractivity contribution is 0.0689. The number of carbonyl (C=O) groups excluding carboxylic acids is 1. The maximum absolute atomic E-state index is 12.2. The lowest BCUT2D eigenvalue weighted by atomic mass is 9.93. The average Bonchev–Trinajstić information content (AvgIpc) is 2.59. The zero-order chi connectivity index (χ0) is 16.2. The van der Waals surface area contributed by atoms with E-state index in [-0.39, 0.29) is 17.5 Å². The van der Waals surface area contributed by atoms with E-state index in [0.717, 1.165) is 17.7 Å². The molecule has 0 bridgehead atoms. The lowest BCUT2D eigenvalue weighted by Crippen LogP contribution is -2.30. The minimum Gasteiger partial charge on any atom is -0.493 e. The normalized spacial score (nSPS) is 16.1. The largest absolute Gasteiger partial charge is 0.493 e. The fourth-order valence-electron chi connectivity index (χ4n) is 2.60. The van der Waals surface area contributed by atoms with Crippen molar-refractivity contribution >= 4 is 11.9 Å². The molecule has 0 radical (unpaired) electrons. The molecule has 118 valence electrons. The highest BCUT2D eigenvalue weighted by Gasteiger charge is 2.21. The Morgan fingerprint density at radius 1 is 1.26 bits per heavy atom. The van der Waals surface area contributed by atoms with Crippen LogP contribution in [0.1, 0.15) is 38.7 Å². The van der Waals surface area contributed by atoms with Crippen LogP contribution in [0.5, 0.6) is 5.75 Å². The first-order valence-corrected chi connectivity index (χ1v) is 7.34. The number of aromatic nitrogens is 1. The fourth-order valence-corrected chi connectivity index (χ4v) is 2.60. The Kier molecular flexibility index (Phi) is 4.23. The zero-order valence-electron chi connectivity index (χ0n) is 12.4. The summed E-state index contributed by atoms with van der Waals surface area (Å²) in [7, 11) is 0. The van der Waals surface area contributed by atoms with Gasteiger partial charge in [-0.3, -0.25) is 4.79 Å². The van der Waals surface area contributed by atoms with Gasteiger partial charge in [-0.15, -0.1) is 0 Å². The van der Waals surface area contributed by atoms with E-state index in [4.69, 9.17) is 9.84 Å². The van der Waals surface area contributed by atoms with Crippen LogP contribution in [0.4, 0.5) is 0 Å². The van der Waals surface area contributed by atoms with E-state index >= 15 is 0 Å². The predicted octanol–water partition coefficient (Wildman–Crippen LogP) is 2.08. The molecular formula is C17H16N2O4. The number of rotatable bonds is 4. The van der Waals surface area contributed by atoms with Gasteiger partial charge >= 0.3 is 5.97 Å². The quantitative estimate of drug-likeness (QED) is 0.902. The van der Waals surface area contributed by atoms with Crippen molar-refractivity contribution in [1.29, 1.82) is 0 Å². The third-order valence-corrected chi connectivity index (χ3v) is 3.84. The summed E-state index contributed by atoms with van der Waals surface area (Å²) in [4.78, 5) is 26.7. The number of hydrogen-bond donors (Lipinski definition) is 2. The minimum atomic E-state index is -1.12.